The van der Waals surface area contributed by atoms with Gasteiger partial charge in [0.1, 0.15) is 0 Å². The van der Waals surface area contributed by atoms with E-state index in [9.17, 15) is 4.79 Å². The molecule has 0 spiro atoms. The van der Waals surface area contributed by atoms with Crippen LogP contribution in [-0.2, 0) is 4.79 Å². The molecule has 1 N–H and O–H groups in total. The van der Waals surface area contributed by atoms with Crippen LogP contribution in [0.25, 0.3) is 6.08 Å². The van der Waals surface area contributed by atoms with E-state index in [1.807, 2.05) is 77.7 Å². The molecule has 0 aliphatic carbocycles. The average Bonchev–Trinajstić information content (AvgIpc) is 2.74. The molecule has 0 saturated carbocycles. The van der Waals surface area contributed by atoms with Crippen LogP contribution in [-0.4, -0.2) is 11.9 Å². The normalized spacial score (nSPS) is 18.7. The lowest BCUT2D eigenvalue weighted by Gasteiger charge is -2.39. The van der Waals surface area contributed by atoms with Crippen molar-refractivity contribution in [2.75, 3.05) is 10.2 Å². The van der Waals surface area contributed by atoms with Crippen molar-refractivity contribution in [1.82, 2.24) is 0 Å². The van der Waals surface area contributed by atoms with Gasteiger partial charge in [-0.05, 0) is 48.7 Å². The van der Waals surface area contributed by atoms with Crippen LogP contribution in [0, 0.1) is 0 Å². The van der Waals surface area contributed by atoms with Crippen molar-refractivity contribution in [3.8, 4) is 0 Å². The topological polar surface area (TPSA) is 32.3 Å². The van der Waals surface area contributed by atoms with Crippen molar-refractivity contribution in [2.24, 2.45) is 0 Å². The average molecular weight is 368 g/mol. The Balaban J connectivity index is 1.61. The quantitative estimate of drug-likeness (QED) is 0.601. The molecule has 0 bridgehead atoms. The third kappa shape index (κ3) is 3.84. The molecule has 3 nitrogen and oxygen atoms in total. The fourth-order valence-electron chi connectivity index (χ4n) is 3.83. The summed E-state index contributed by atoms with van der Waals surface area (Å²) in [5.41, 5.74) is 4.26. The molecule has 0 aromatic heterocycles. The minimum atomic E-state index is 0.0157. The van der Waals surface area contributed by atoms with Crippen molar-refractivity contribution in [3.05, 3.63) is 102 Å². The molecule has 1 heterocycles. The van der Waals surface area contributed by atoms with E-state index in [4.69, 9.17) is 0 Å². The van der Waals surface area contributed by atoms with E-state index in [0.29, 0.717) is 0 Å². The molecule has 3 heteroatoms. The third-order valence-electron chi connectivity index (χ3n) is 5.16. The van der Waals surface area contributed by atoms with Crippen LogP contribution in [0.2, 0.25) is 0 Å². The van der Waals surface area contributed by atoms with Gasteiger partial charge in [0.15, 0.2) is 0 Å². The molecule has 1 amide bonds. The summed E-state index contributed by atoms with van der Waals surface area (Å²) in [6, 6.07) is 28.6. The first-order valence-electron chi connectivity index (χ1n) is 9.69. The summed E-state index contributed by atoms with van der Waals surface area (Å²) in [6.45, 7) is 2.11. The summed E-state index contributed by atoms with van der Waals surface area (Å²) in [6.07, 6.45) is 4.41. The number of fused-ring (bicyclic) bond motifs is 1. The molecular formula is C25H24N2O. The number of benzene rings is 3. The molecule has 3 aromatic carbocycles. The molecule has 2 unspecified atom stereocenters. The maximum absolute atomic E-state index is 13.0. The maximum atomic E-state index is 13.0. The number of hydrogen-bond acceptors (Lipinski definition) is 2. The Morgan fingerprint density at radius 2 is 1.57 bits per heavy atom. The second-order valence-electron chi connectivity index (χ2n) is 7.16. The molecule has 1 aliphatic heterocycles. The van der Waals surface area contributed by atoms with Gasteiger partial charge < -0.3 is 10.2 Å². The summed E-state index contributed by atoms with van der Waals surface area (Å²) in [5.74, 6) is 0.0157. The summed E-state index contributed by atoms with van der Waals surface area (Å²) >= 11 is 0. The predicted molar refractivity (Wildman–Crippen MR) is 116 cm³/mol. The van der Waals surface area contributed by atoms with E-state index in [1.54, 1.807) is 6.08 Å². The van der Waals surface area contributed by atoms with Gasteiger partial charge in [0.2, 0.25) is 0 Å². The van der Waals surface area contributed by atoms with Crippen LogP contribution in [0.3, 0.4) is 0 Å². The molecule has 28 heavy (non-hydrogen) atoms. The number of carbonyl (C=O) groups excluding carboxylic acids is 1. The minimum Gasteiger partial charge on any atom is -0.378 e. The van der Waals surface area contributed by atoms with Crippen molar-refractivity contribution in [3.63, 3.8) is 0 Å². The van der Waals surface area contributed by atoms with Crippen molar-refractivity contribution < 1.29 is 4.79 Å². The van der Waals surface area contributed by atoms with Crippen molar-refractivity contribution in [1.29, 1.82) is 0 Å². The smallest absolute Gasteiger partial charge is 0.251 e. The number of anilines is 2. The van der Waals surface area contributed by atoms with Gasteiger partial charge in [-0.15, -0.1) is 0 Å². The van der Waals surface area contributed by atoms with E-state index < -0.39 is 0 Å². The molecule has 0 radical (unpaired) electrons. The second-order valence-corrected chi connectivity index (χ2v) is 7.16. The zero-order chi connectivity index (χ0) is 19.3. The molecule has 140 valence electrons. The van der Waals surface area contributed by atoms with Crippen molar-refractivity contribution in [2.45, 2.75) is 25.4 Å². The van der Waals surface area contributed by atoms with Gasteiger partial charge >= 0.3 is 0 Å². The second kappa shape index (κ2) is 8.13. The Kier molecular flexibility index (Phi) is 5.24. The standard InChI is InChI=1S/C25H24N2O/c1-19-18-23(26-21-12-6-3-7-13-21)22-14-8-9-15-24(22)27(19)25(28)17-16-20-10-4-2-5-11-20/h2-17,19,23,26H,18H2,1H3. The van der Waals surface area contributed by atoms with Crippen LogP contribution < -0.4 is 10.2 Å². The fourth-order valence-corrected chi connectivity index (χ4v) is 3.83. The highest BCUT2D eigenvalue weighted by molar-refractivity contribution is 6.05. The highest BCUT2D eigenvalue weighted by Crippen LogP contribution is 2.39. The molecule has 0 fully saturated rings. The van der Waals surface area contributed by atoms with Crippen LogP contribution in [0.4, 0.5) is 11.4 Å². The number of hydrogen-bond donors (Lipinski definition) is 1. The lowest BCUT2D eigenvalue weighted by atomic mass is 9.91. The van der Waals surface area contributed by atoms with E-state index in [2.05, 4.69) is 30.4 Å². The van der Waals surface area contributed by atoms with E-state index in [1.165, 1.54) is 0 Å². The van der Waals surface area contributed by atoms with E-state index >= 15 is 0 Å². The van der Waals surface area contributed by atoms with Crippen molar-refractivity contribution >= 4 is 23.4 Å². The van der Waals surface area contributed by atoms with Crippen LogP contribution in [0.15, 0.2) is 91.0 Å². The summed E-state index contributed by atoms with van der Waals surface area (Å²) in [4.78, 5) is 14.9. The van der Waals surface area contributed by atoms with E-state index in [0.717, 1.165) is 28.9 Å². The molecule has 2 atom stereocenters. The maximum Gasteiger partial charge on any atom is 0.251 e. The number of nitrogens with one attached hydrogen (secondary N) is 1. The first kappa shape index (κ1) is 18.1. The number of amides is 1. The van der Waals surface area contributed by atoms with Gasteiger partial charge in [0.25, 0.3) is 5.91 Å². The van der Waals surface area contributed by atoms with Crippen LogP contribution in [0.1, 0.15) is 30.5 Å². The third-order valence-corrected chi connectivity index (χ3v) is 5.16. The van der Waals surface area contributed by atoms with E-state index in [-0.39, 0.29) is 18.0 Å². The highest BCUT2D eigenvalue weighted by Gasteiger charge is 2.32. The lowest BCUT2D eigenvalue weighted by molar-refractivity contribution is -0.114. The number of carbonyl (C=O) groups is 1. The van der Waals surface area contributed by atoms with Gasteiger partial charge in [0.05, 0.1) is 6.04 Å². The lowest BCUT2D eigenvalue weighted by Crippen LogP contribution is -2.43. The zero-order valence-corrected chi connectivity index (χ0v) is 16.0. The summed E-state index contributed by atoms with van der Waals surface area (Å²) in [5, 5.41) is 3.63. The van der Waals surface area contributed by atoms with Gasteiger partial charge in [-0.2, -0.15) is 0 Å². The Bertz CT molecular complexity index is 966. The fraction of sp³-hybridized carbons (Fsp3) is 0.160. The van der Waals surface area contributed by atoms with Gasteiger partial charge in [-0.1, -0.05) is 66.7 Å². The largest absolute Gasteiger partial charge is 0.378 e. The Morgan fingerprint density at radius 3 is 2.32 bits per heavy atom. The molecule has 3 aromatic rings. The predicted octanol–water partition coefficient (Wildman–Crippen LogP) is 5.68. The Morgan fingerprint density at radius 1 is 0.929 bits per heavy atom. The highest BCUT2D eigenvalue weighted by atomic mass is 16.2. The SMILES string of the molecule is CC1CC(Nc2ccccc2)c2ccccc2N1C(=O)C=Cc1ccccc1. The molecule has 4 rings (SSSR count). The summed E-state index contributed by atoms with van der Waals surface area (Å²) in [7, 11) is 0. The first-order valence-corrected chi connectivity index (χ1v) is 9.69. The number of para-hydroxylation sites is 2. The summed E-state index contributed by atoms with van der Waals surface area (Å²) < 4.78 is 0. The number of nitrogens with zero attached hydrogens (tertiary/aromatic N) is 1. The molecule has 0 saturated heterocycles. The number of rotatable bonds is 4. The van der Waals surface area contributed by atoms with Gasteiger partial charge in [0, 0.05) is 23.5 Å². The molecule has 1 aliphatic rings. The Labute approximate surface area is 166 Å². The monoisotopic (exact) mass is 368 g/mol. The van der Waals surface area contributed by atoms with Gasteiger partial charge in [-0.3, -0.25) is 4.79 Å². The van der Waals surface area contributed by atoms with Gasteiger partial charge in [-0.25, -0.2) is 0 Å². The Hall–Kier alpha value is -3.33. The first-order chi connectivity index (χ1) is 13.7. The zero-order valence-electron chi connectivity index (χ0n) is 16.0. The van der Waals surface area contributed by atoms with Crippen LogP contribution in [0.5, 0.6) is 0 Å². The van der Waals surface area contributed by atoms with Crippen LogP contribution >= 0.6 is 0 Å². The molecular weight excluding hydrogens is 344 g/mol. The minimum absolute atomic E-state index is 0.0157.